The van der Waals surface area contributed by atoms with Crippen molar-refractivity contribution in [2.45, 2.75) is 38.4 Å². The molecule has 0 aromatic rings. The summed E-state index contributed by atoms with van der Waals surface area (Å²) in [6.07, 6.45) is 7.72. The van der Waals surface area contributed by atoms with Crippen LogP contribution in [0.2, 0.25) is 0 Å². The number of halogens is 4. The van der Waals surface area contributed by atoms with E-state index in [4.69, 9.17) is 34.8 Å². The number of rotatable bonds is 11. The Kier molecular flexibility index (Phi) is 21.2. The Morgan fingerprint density at radius 3 is 2.07 bits per heavy atom. The molecule has 4 atom stereocenters. The second-order valence-corrected chi connectivity index (χ2v) is 7.62. The number of hydrogen-bond acceptors (Lipinski definition) is 5. The van der Waals surface area contributed by atoms with Gasteiger partial charge in [-0.05, 0) is 18.8 Å². The van der Waals surface area contributed by atoms with Crippen LogP contribution in [0.15, 0.2) is 24.3 Å². The maximum Gasteiger partial charge on any atom is 0.174 e. The van der Waals surface area contributed by atoms with Gasteiger partial charge in [0.25, 0.3) is 0 Å². The highest BCUT2D eigenvalue weighted by Crippen LogP contribution is 2.28. The first-order valence-corrected chi connectivity index (χ1v) is 11.2. The topological polar surface area (TPSA) is 77.8 Å². The molecule has 0 amide bonds. The van der Waals surface area contributed by atoms with Gasteiger partial charge in [-0.15, -0.1) is 47.2 Å². The molecule has 2 N–H and O–H groups in total. The average molecular weight is 493 g/mol. The number of unbranched alkanes of at least 4 members (excludes halogenated alkanes) is 1. The molecule has 1 rings (SSSR count). The Labute approximate surface area is 195 Å². The Bertz CT molecular complexity index is 477. The third-order valence-electron chi connectivity index (χ3n) is 4.37. The van der Waals surface area contributed by atoms with Gasteiger partial charge < -0.3 is 15.0 Å². The highest BCUT2D eigenvalue weighted by atomic mass is 35.5. The van der Waals surface area contributed by atoms with Crippen LogP contribution in [0.1, 0.15) is 26.2 Å². The summed E-state index contributed by atoms with van der Waals surface area (Å²) < 4.78 is 0. The molecule has 1 saturated carbocycles. The third-order valence-corrected chi connectivity index (χ3v) is 4.88. The number of aliphatic hydroxyl groups is 2. The number of carbonyl (C=O) groups is 2. The standard InChI is InChI=1S/C14H20O4.C6H12Cl3N.ClH/c1-2-3-4-5-6-7-10-8-12(16)14(18)13(17)11(10)9-15;7-1-4-10(5-2-8)6-3-9;/h4-7,9-12,14,16,18H,2-3,8H2,1H3;1-6H2;1H. The molecule has 0 aliphatic heterocycles. The van der Waals surface area contributed by atoms with Crippen molar-refractivity contribution in [2.24, 2.45) is 11.8 Å². The van der Waals surface area contributed by atoms with Gasteiger partial charge in [-0.25, -0.2) is 0 Å². The summed E-state index contributed by atoms with van der Waals surface area (Å²) in [6, 6.07) is 0. The van der Waals surface area contributed by atoms with Crippen molar-refractivity contribution in [1.29, 1.82) is 0 Å². The summed E-state index contributed by atoms with van der Waals surface area (Å²) in [5.41, 5.74) is 0. The summed E-state index contributed by atoms with van der Waals surface area (Å²) in [5, 5.41) is 18.9. The molecule has 170 valence electrons. The average Bonchev–Trinajstić information content (AvgIpc) is 2.67. The van der Waals surface area contributed by atoms with Crippen LogP contribution in [0, 0.1) is 11.8 Å². The molecule has 5 nitrogen and oxygen atoms in total. The fourth-order valence-electron chi connectivity index (χ4n) is 2.76. The SMILES string of the molecule is CCCC=CC=CC1CC(O)C(O)C(=O)C1C=O.Cl.ClCCN(CCCl)CCCl. The number of Topliss-reactive ketones (excluding diaryl/α,β-unsaturated/α-hetero) is 1. The molecule has 0 saturated heterocycles. The van der Waals surface area contributed by atoms with Crippen LogP contribution in [0.5, 0.6) is 0 Å². The minimum Gasteiger partial charge on any atom is -0.390 e. The van der Waals surface area contributed by atoms with Gasteiger partial charge in [0.15, 0.2) is 5.78 Å². The number of allylic oxidation sites excluding steroid dienone is 4. The molecule has 1 aliphatic rings. The summed E-state index contributed by atoms with van der Waals surface area (Å²) >= 11 is 16.6. The van der Waals surface area contributed by atoms with Gasteiger partial charge in [-0.2, -0.15) is 0 Å². The van der Waals surface area contributed by atoms with Crippen molar-refractivity contribution in [3.05, 3.63) is 24.3 Å². The minimum absolute atomic E-state index is 0. The molecule has 1 fully saturated rings. The zero-order valence-electron chi connectivity index (χ0n) is 16.8. The lowest BCUT2D eigenvalue weighted by Crippen LogP contribution is -2.47. The number of nitrogens with zero attached hydrogens (tertiary/aromatic N) is 1. The van der Waals surface area contributed by atoms with Crippen LogP contribution >= 0.6 is 47.2 Å². The fourth-order valence-corrected chi connectivity index (χ4v) is 3.48. The Balaban J connectivity index is 0. The summed E-state index contributed by atoms with van der Waals surface area (Å²) in [6.45, 7) is 4.71. The summed E-state index contributed by atoms with van der Waals surface area (Å²) in [4.78, 5) is 24.7. The molecular formula is C20H33Cl4NO4. The maximum atomic E-state index is 11.6. The van der Waals surface area contributed by atoms with Crippen molar-refractivity contribution >= 4 is 59.3 Å². The molecule has 0 radical (unpaired) electrons. The second-order valence-electron chi connectivity index (χ2n) is 6.49. The van der Waals surface area contributed by atoms with Crippen LogP contribution in [-0.4, -0.2) is 76.7 Å². The maximum absolute atomic E-state index is 11.6. The van der Waals surface area contributed by atoms with Crippen molar-refractivity contribution in [2.75, 3.05) is 37.3 Å². The highest BCUT2D eigenvalue weighted by molar-refractivity contribution is 6.18. The molecule has 0 aromatic heterocycles. The van der Waals surface area contributed by atoms with Gasteiger partial charge in [-0.3, -0.25) is 9.69 Å². The van der Waals surface area contributed by atoms with E-state index in [0.717, 1.165) is 32.5 Å². The largest absolute Gasteiger partial charge is 0.390 e. The van der Waals surface area contributed by atoms with E-state index in [-0.39, 0.29) is 24.7 Å². The lowest BCUT2D eigenvalue weighted by Gasteiger charge is -2.31. The quantitative estimate of drug-likeness (QED) is 0.200. The minimum atomic E-state index is -1.43. The predicted molar refractivity (Wildman–Crippen MR) is 124 cm³/mol. The summed E-state index contributed by atoms with van der Waals surface area (Å²) in [5.74, 6) is 0.171. The first kappa shape index (κ1) is 31.0. The van der Waals surface area contributed by atoms with E-state index in [2.05, 4.69) is 11.8 Å². The summed E-state index contributed by atoms with van der Waals surface area (Å²) in [7, 11) is 0. The lowest BCUT2D eigenvalue weighted by atomic mass is 9.76. The molecule has 1 aliphatic carbocycles. The number of alkyl halides is 3. The van der Waals surface area contributed by atoms with E-state index in [1.54, 1.807) is 12.2 Å². The number of aliphatic hydroxyl groups excluding tert-OH is 2. The zero-order valence-corrected chi connectivity index (χ0v) is 19.8. The highest BCUT2D eigenvalue weighted by Gasteiger charge is 2.41. The number of hydrogen-bond donors (Lipinski definition) is 2. The number of carbonyl (C=O) groups excluding carboxylic acids is 2. The first-order valence-electron chi connectivity index (χ1n) is 9.55. The van der Waals surface area contributed by atoms with E-state index in [1.165, 1.54) is 0 Å². The van der Waals surface area contributed by atoms with E-state index >= 15 is 0 Å². The third kappa shape index (κ3) is 13.0. The number of ketones is 1. The van der Waals surface area contributed by atoms with Gasteiger partial charge in [-0.1, -0.05) is 37.6 Å². The van der Waals surface area contributed by atoms with Crippen LogP contribution in [0.3, 0.4) is 0 Å². The smallest absolute Gasteiger partial charge is 0.174 e. The Hall–Kier alpha value is -0.140. The van der Waals surface area contributed by atoms with Crippen molar-refractivity contribution in [1.82, 2.24) is 4.90 Å². The van der Waals surface area contributed by atoms with Crippen LogP contribution in [-0.2, 0) is 9.59 Å². The van der Waals surface area contributed by atoms with Crippen LogP contribution in [0.25, 0.3) is 0 Å². The number of aldehydes is 1. The fraction of sp³-hybridized carbons (Fsp3) is 0.700. The normalized spacial score (nSPS) is 24.4. The molecule has 0 bridgehead atoms. The Morgan fingerprint density at radius 1 is 1.07 bits per heavy atom. The second kappa shape index (κ2) is 19.8. The first-order chi connectivity index (χ1) is 13.5. The molecule has 29 heavy (non-hydrogen) atoms. The zero-order chi connectivity index (χ0) is 21.4. The van der Waals surface area contributed by atoms with E-state index in [0.29, 0.717) is 23.9 Å². The molecule has 0 spiro atoms. The van der Waals surface area contributed by atoms with Crippen molar-refractivity contribution in [3.63, 3.8) is 0 Å². The molecule has 0 heterocycles. The molecule has 9 heteroatoms. The van der Waals surface area contributed by atoms with Crippen molar-refractivity contribution in [3.8, 4) is 0 Å². The predicted octanol–water partition coefficient (Wildman–Crippen LogP) is 3.45. The van der Waals surface area contributed by atoms with Gasteiger partial charge in [0.05, 0.1) is 12.0 Å². The van der Waals surface area contributed by atoms with E-state index in [9.17, 15) is 19.8 Å². The van der Waals surface area contributed by atoms with Crippen LogP contribution in [0.4, 0.5) is 0 Å². The molecule has 4 unspecified atom stereocenters. The Morgan fingerprint density at radius 2 is 1.62 bits per heavy atom. The lowest BCUT2D eigenvalue weighted by molar-refractivity contribution is -0.146. The van der Waals surface area contributed by atoms with Crippen LogP contribution < -0.4 is 0 Å². The molecular weight excluding hydrogens is 460 g/mol. The van der Waals surface area contributed by atoms with Gasteiger partial charge in [0.2, 0.25) is 0 Å². The van der Waals surface area contributed by atoms with Gasteiger partial charge in [0, 0.05) is 37.3 Å². The van der Waals surface area contributed by atoms with E-state index < -0.39 is 23.9 Å². The van der Waals surface area contributed by atoms with Crippen molar-refractivity contribution < 1.29 is 19.8 Å². The monoisotopic (exact) mass is 491 g/mol. The van der Waals surface area contributed by atoms with E-state index in [1.807, 2.05) is 12.2 Å². The van der Waals surface area contributed by atoms with Gasteiger partial charge in [0.1, 0.15) is 12.4 Å². The van der Waals surface area contributed by atoms with Gasteiger partial charge >= 0.3 is 0 Å². The molecule has 0 aromatic carbocycles.